The minimum absolute atomic E-state index is 0.000353. The first kappa shape index (κ1) is 39.7. The van der Waals surface area contributed by atoms with E-state index in [2.05, 4.69) is 10.6 Å². The molecule has 6 aromatic carbocycles. The summed E-state index contributed by atoms with van der Waals surface area (Å²) in [6.07, 6.45) is 0. The van der Waals surface area contributed by atoms with E-state index in [-0.39, 0.29) is 33.3 Å². The van der Waals surface area contributed by atoms with Crippen LogP contribution in [-0.4, -0.2) is 59.0 Å². The molecule has 0 saturated heterocycles. The van der Waals surface area contributed by atoms with Gasteiger partial charge in [0.25, 0.3) is 40.3 Å². The number of hydrogen-bond donors (Lipinski definition) is 8. The van der Waals surface area contributed by atoms with Gasteiger partial charge in [0.1, 0.15) is 32.7 Å². The van der Waals surface area contributed by atoms with Gasteiger partial charge in [-0.1, -0.05) is 48.5 Å². The lowest BCUT2D eigenvalue weighted by Gasteiger charge is -2.17. The Kier molecular flexibility index (Phi) is 10.1. The highest BCUT2D eigenvalue weighted by Gasteiger charge is 2.27. The Bertz CT molecular complexity index is 2880. The Morgan fingerprint density at radius 2 is 0.857 bits per heavy atom. The first-order valence-corrected chi connectivity index (χ1v) is 21.7. The molecule has 21 heteroatoms. The summed E-state index contributed by atoms with van der Waals surface area (Å²) in [5.74, 6) is -1.03. The van der Waals surface area contributed by atoms with Crippen LogP contribution in [0.2, 0.25) is 0 Å². The van der Waals surface area contributed by atoms with E-state index in [0.29, 0.717) is 10.8 Å². The molecule has 0 aliphatic rings. The van der Waals surface area contributed by atoms with Crippen LogP contribution in [0.1, 0.15) is 11.1 Å². The lowest BCUT2D eigenvalue weighted by Crippen LogP contribution is -2.42. The van der Waals surface area contributed by atoms with Crippen molar-refractivity contribution in [2.45, 2.75) is 33.4 Å². The number of anilines is 4. The quantitative estimate of drug-likeness (QED) is 0.0635. The molecule has 0 saturated carbocycles. The molecule has 292 valence electrons. The standard InChI is InChI=1S/C35H30N4O13S4/c1-19-15-23(36-31-29(55(47,48)49)17-21-7-3-5-9-25(21)33(31)40)11-13-27(19)53(43,44)38-35(42)39-54(45,46)28-14-12-24(16-20(28)2)37-32-30(56(50,51)52)18-22-8-4-6-10-26(22)34(32)41/h3-18,36-37,40-41H,1-2H3,(H2,38,39,42)(H,47,48,49)(H,50,51,52). The van der Waals surface area contributed by atoms with Gasteiger partial charge in [-0.2, -0.15) is 16.8 Å². The fraction of sp³-hybridized carbons (Fsp3) is 0.0571. The number of urea groups is 1. The van der Waals surface area contributed by atoms with Crippen molar-refractivity contribution in [1.82, 2.24) is 9.44 Å². The van der Waals surface area contributed by atoms with Gasteiger partial charge in [0.15, 0.2) is 0 Å². The zero-order valence-corrected chi connectivity index (χ0v) is 32.1. The monoisotopic (exact) mass is 842 g/mol. The van der Waals surface area contributed by atoms with Crippen molar-refractivity contribution in [2.24, 2.45) is 0 Å². The summed E-state index contributed by atoms with van der Waals surface area (Å²) in [5.41, 5.74) is -0.638. The van der Waals surface area contributed by atoms with Crippen LogP contribution >= 0.6 is 0 Å². The fourth-order valence-corrected chi connectivity index (χ4v) is 9.67. The van der Waals surface area contributed by atoms with Gasteiger partial charge in [-0.25, -0.2) is 31.1 Å². The number of aryl methyl sites for hydroxylation is 2. The van der Waals surface area contributed by atoms with Crippen molar-refractivity contribution in [3.8, 4) is 11.5 Å². The molecule has 6 aromatic rings. The molecule has 6 rings (SSSR count). The summed E-state index contributed by atoms with van der Waals surface area (Å²) in [6, 6.07) is 20.0. The Labute approximate surface area is 320 Å². The van der Waals surface area contributed by atoms with Crippen molar-refractivity contribution in [2.75, 3.05) is 10.6 Å². The van der Waals surface area contributed by atoms with Gasteiger partial charge < -0.3 is 20.8 Å². The summed E-state index contributed by atoms with van der Waals surface area (Å²) in [4.78, 5) is 10.5. The van der Waals surface area contributed by atoms with Crippen molar-refractivity contribution < 1.29 is 57.8 Å². The fourth-order valence-electron chi connectivity index (χ4n) is 5.98. The number of phenolic OH excluding ortho intramolecular Hbond substituents is 2. The highest BCUT2D eigenvalue weighted by molar-refractivity contribution is 7.91. The van der Waals surface area contributed by atoms with Gasteiger partial charge in [0.05, 0.1) is 9.79 Å². The predicted molar refractivity (Wildman–Crippen MR) is 206 cm³/mol. The molecule has 17 nitrogen and oxygen atoms in total. The summed E-state index contributed by atoms with van der Waals surface area (Å²) in [6.45, 7) is 2.65. The molecule has 0 spiro atoms. The Morgan fingerprint density at radius 3 is 1.20 bits per heavy atom. The van der Waals surface area contributed by atoms with Crippen LogP contribution in [0.25, 0.3) is 21.5 Å². The second-order valence-electron chi connectivity index (χ2n) is 12.3. The molecule has 56 heavy (non-hydrogen) atoms. The lowest BCUT2D eigenvalue weighted by molar-refractivity contribution is 0.250. The molecule has 0 radical (unpaired) electrons. The first-order chi connectivity index (χ1) is 26.1. The topological polar surface area (TPSA) is 283 Å². The van der Waals surface area contributed by atoms with Crippen LogP contribution in [0.5, 0.6) is 11.5 Å². The molecule has 0 heterocycles. The van der Waals surface area contributed by atoms with Crippen molar-refractivity contribution in [1.29, 1.82) is 0 Å². The second-order valence-corrected chi connectivity index (χ2v) is 18.4. The third kappa shape index (κ3) is 7.89. The summed E-state index contributed by atoms with van der Waals surface area (Å²) < 4.78 is 124. The van der Waals surface area contributed by atoms with E-state index in [1.807, 2.05) is 0 Å². The number of sulfonamides is 2. The van der Waals surface area contributed by atoms with E-state index in [0.717, 1.165) is 24.3 Å². The molecule has 0 atom stereocenters. The maximum atomic E-state index is 13.2. The van der Waals surface area contributed by atoms with Crippen LogP contribution in [0.15, 0.2) is 117 Å². The maximum absolute atomic E-state index is 13.2. The molecule has 0 fully saturated rings. The summed E-state index contributed by atoms with van der Waals surface area (Å²) in [7, 11) is -19.2. The third-order valence-electron chi connectivity index (χ3n) is 8.45. The molecular weight excluding hydrogens is 813 g/mol. The Balaban J connectivity index is 1.20. The number of fused-ring (bicyclic) bond motifs is 2. The van der Waals surface area contributed by atoms with Crippen molar-refractivity contribution in [3.05, 3.63) is 108 Å². The van der Waals surface area contributed by atoms with Gasteiger partial charge >= 0.3 is 6.03 Å². The molecule has 0 bridgehead atoms. The number of rotatable bonds is 10. The minimum atomic E-state index is -4.85. The van der Waals surface area contributed by atoms with Crippen LogP contribution in [0.3, 0.4) is 0 Å². The van der Waals surface area contributed by atoms with E-state index in [9.17, 15) is 57.8 Å². The van der Waals surface area contributed by atoms with Crippen LogP contribution in [-0.2, 0) is 40.3 Å². The largest absolute Gasteiger partial charge is 0.505 e. The lowest BCUT2D eigenvalue weighted by atomic mass is 10.1. The Hall–Kier alpha value is -5.97. The van der Waals surface area contributed by atoms with Gasteiger partial charge in [0.2, 0.25) is 0 Å². The van der Waals surface area contributed by atoms with Crippen LogP contribution in [0.4, 0.5) is 27.5 Å². The number of aromatic hydroxyl groups is 2. The average Bonchev–Trinajstić information content (AvgIpc) is 3.09. The third-order valence-corrected chi connectivity index (χ3v) is 13.2. The number of carbonyl (C=O) groups is 1. The predicted octanol–water partition coefficient (Wildman–Crippen LogP) is 5.38. The van der Waals surface area contributed by atoms with E-state index < -0.39 is 88.8 Å². The SMILES string of the molecule is Cc1cc(Nc2c(S(=O)(=O)O)cc3ccccc3c2O)ccc1S(=O)(=O)NC(=O)NS(=O)(=O)c1ccc(Nc2c(S(=O)(=O)O)cc3ccccc3c2O)cc1C. The number of hydrogen-bond acceptors (Lipinski definition) is 13. The first-order valence-electron chi connectivity index (χ1n) is 15.9. The molecular formula is C35H30N4O13S4. The number of nitrogens with one attached hydrogen (secondary N) is 4. The number of amides is 2. The van der Waals surface area contributed by atoms with E-state index in [1.165, 1.54) is 62.4 Å². The van der Waals surface area contributed by atoms with Gasteiger partial charge in [-0.15, -0.1) is 0 Å². The number of phenols is 2. The molecule has 0 aliphatic heterocycles. The zero-order chi connectivity index (χ0) is 41.0. The van der Waals surface area contributed by atoms with Crippen LogP contribution in [0, 0.1) is 13.8 Å². The van der Waals surface area contributed by atoms with Crippen molar-refractivity contribution >= 4 is 90.6 Å². The van der Waals surface area contributed by atoms with E-state index >= 15 is 0 Å². The highest BCUT2D eigenvalue weighted by atomic mass is 32.2. The number of carbonyl (C=O) groups excluding carboxylic acids is 1. The second kappa shape index (κ2) is 14.3. The smallest absolute Gasteiger partial charge is 0.342 e. The molecule has 0 aliphatic carbocycles. The molecule has 0 unspecified atom stereocenters. The molecule has 8 N–H and O–H groups in total. The average molecular weight is 843 g/mol. The molecule has 0 aromatic heterocycles. The summed E-state index contributed by atoms with van der Waals surface area (Å²) >= 11 is 0. The van der Waals surface area contributed by atoms with Gasteiger partial charge in [-0.3, -0.25) is 9.11 Å². The van der Waals surface area contributed by atoms with Crippen LogP contribution < -0.4 is 20.1 Å². The zero-order valence-electron chi connectivity index (χ0n) is 28.8. The van der Waals surface area contributed by atoms with Gasteiger partial charge in [0, 0.05) is 22.1 Å². The van der Waals surface area contributed by atoms with Gasteiger partial charge in [-0.05, 0) is 84.3 Å². The van der Waals surface area contributed by atoms with E-state index in [4.69, 9.17) is 0 Å². The van der Waals surface area contributed by atoms with Crippen molar-refractivity contribution in [3.63, 3.8) is 0 Å². The maximum Gasteiger partial charge on any atom is 0.342 e. The van der Waals surface area contributed by atoms with E-state index in [1.54, 1.807) is 33.7 Å². The Morgan fingerprint density at radius 1 is 0.500 bits per heavy atom. The molecule has 2 amide bonds. The number of benzene rings is 6. The summed E-state index contributed by atoms with van der Waals surface area (Å²) in [5, 5.41) is 28.2. The minimum Gasteiger partial charge on any atom is -0.505 e. The highest BCUT2D eigenvalue weighted by Crippen LogP contribution is 2.42. The normalized spacial score (nSPS) is 12.4.